The molecule has 1 rings (SSSR count). The van der Waals surface area contributed by atoms with Crippen molar-refractivity contribution < 1.29 is 0 Å². The molecule has 0 heterocycles. The molecule has 0 bridgehead atoms. The lowest BCUT2D eigenvalue weighted by Crippen LogP contribution is -2.37. The highest BCUT2D eigenvalue weighted by Crippen LogP contribution is 2.36. The first-order valence-corrected chi connectivity index (χ1v) is 7.94. The summed E-state index contributed by atoms with van der Waals surface area (Å²) < 4.78 is 0. The van der Waals surface area contributed by atoms with Crippen LogP contribution in [-0.2, 0) is 0 Å². The first-order valence-electron chi connectivity index (χ1n) is 7.94. The molecule has 0 saturated heterocycles. The van der Waals surface area contributed by atoms with Crippen LogP contribution in [0.5, 0.6) is 0 Å². The molecular formula is C16H33N. The molecule has 1 nitrogen and oxygen atoms in total. The molecule has 0 aromatic rings. The van der Waals surface area contributed by atoms with Crippen LogP contribution in [0.3, 0.4) is 0 Å². The van der Waals surface area contributed by atoms with Gasteiger partial charge in [0.25, 0.3) is 0 Å². The lowest BCUT2D eigenvalue weighted by molar-refractivity contribution is 0.291. The van der Waals surface area contributed by atoms with E-state index in [0.717, 1.165) is 23.8 Å². The lowest BCUT2D eigenvalue weighted by Gasteiger charge is -2.27. The molecule has 0 amide bonds. The van der Waals surface area contributed by atoms with Crippen LogP contribution in [-0.4, -0.2) is 12.6 Å². The van der Waals surface area contributed by atoms with Crippen molar-refractivity contribution in [1.29, 1.82) is 0 Å². The van der Waals surface area contributed by atoms with Gasteiger partial charge < -0.3 is 5.32 Å². The summed E-state index contributed by atoms with van der Waals surface area (Å²) in [6.45, 7) is 10.6. The van der Waals surface area contributed by atoms with Crippen molar-refractivity contribution in [3.05, 3.63) is 0 Å². The Balaban J connectivity index is 2.44. The van der Waals surface area contributed by atoms with Crippen molar-refractivity contribution in [1.82, 2.24) is 5.32 Å². The second-order valence-corrected chi connectivity index (χ2v) is 6.16. The van der Waals surface area contributed by atoms with E-state index in [1.54, 1.807) is 0 Å². The summed E-state index contributed by atoms with van der Waals surface area (Å²) in [5.74, 6) is 2.85. The van der Waals surface area contributed by atoms with Gasteiger partial charge in [-0.3, -0.25) is 0 Å². The molecule has 1 saturated carbocycles. The highest BCUT2D eigenvalue weighted by molar-refractivity contribution is 4.85. The summed E-state index contributed by atoms with van der Waals surface area (Å²) in [5.41, 5.74) is 0. The van der Waals surface area contributed by atoms with Gasteiger partial charge in [-0.25, -0.2) is 0 Å². The standard InChI is InChI=1S/C16H33N/c1-5-10-17-16(11-13(4)6-2)15-9-8-14(7-3)12-15/h13-17H,5-12H2,1-4H3. The second kappa shape index (κ2) is 8.13. The number of nitrogens with one attached hydrogen (secondary N) is 1. The Morgan fingerprint density at radius 3 is 2.47 bits per heavy atom. The van der Waals surface area contributed by atoms with Gasteiger partial charge in [-0.2, -0.15) is 0 Å². The van der Waals surface area contributed by atoms with Gasteiger partial charge in [0.05, 0.1) is 0 Å². The van der Waals surface area contributed by atoms with E-state index in [0.29, 0.717) is 0 Å². The van der Waals surface area contributed by atoms with E-state index in [4.69, 9.17) is 0 Å². The van der Waals surface area contributed by atoms with Crippen molar-refractivity contribution in [2.24, 2.45) is 17.8 Å². The molecule has 4 atom stereocenters. The van der Waals surface area contributed by atoms with Gasteiger partial charge in [0, 0.05) is 6.04 Å². The third-order valence-corrected chi connectivity index (χ3v) is 4.74. The van der Waals surface area contributed by atoms with Crippen LogP contribution in [0.2, 0.25) is 0 Å². The molecule has 0 aromatic carbocycles. The monoisotopic (exact) mass is 239 g/mol. The zero-order chi connectivity index (χ0) is 12.7. The third-order valence-electron chi connectivity index (χ3n) is 4.74. The largest absolute Gasteiger partial charge is 0.314 e. The zero-order valence-electron chi connectivity index (χ0n) is 12.5. The molecule has 1 aliphatic rings. The Hall–Kier alpha value is -0.0400. The summed E-state index contributed by atoms with van der Waals surface area (Å²) in [6.07, 6.45) is 9.80. The predicted molar refractivity (Wildman–Crippen MR) is 77.3 cm³/mol. The predicted octanol–water partition coefficient (Wildman–Crippen LogP) is 4.62. The molecule has 4 unspecified atom stereocenters. The zero-order valence-corrected chi connectivity index (χ0v) is 12.5. The number of rotatable bonds is 8. The van der Waals surface area contributed by atoms with Gasteiger partial charge in [0.2, 0.25) is 0 Å². The van der Waals surface area contributed by atoms with Crippen LogP contribution in [0, 0.1) is 17.8 Å². The Labute approximate surface area is 109 Å². The molecule has 1 fully saturated rings. The lowest BCUT2D eigenvalue weighted by atomic mass is 9.88. The molecule has 0 aromatic heterocycles. The summed E-state index contributed by atoms with van der Waals surface area (Å²) in [7, 11) is 0. The highest BCUT2D eigenvalue weighted by Gasteiger charge is 2.30. The van der Waals surface area contributed by atoms with Crippen molar-refractivity contribution in [2.75, 3.05) is 6.54 Å². The van der Waals surface area contributed by atoms with Gasteiger partial charge >= 0.3 is 0 Å². The summed E-state index contributed by atoms with van der Waals surface area (Å²) in [4.78, 5) is 0. The first kappa shape index (κ1) is 15.0. The van der Waals surface area contributed by atoms with E-state index in [2.05, 4.69) is 33.0 Å². The highest BCUT2D eigenvalue weighted by atomic mass is 14.9. The molecule has 1 N–H and O–H groups in total. The molecule has 0 aliphatic heterocycles. The maximum absolute atomic E-state index is 3.82. The Kier molecular flexibility index (Phi) is 7.18. The topological polar surface area (TPSA) is 12.0 Å². The second-order valence-electron chi connectivity index (χ2n) is 6.16. The molecule has 17 heavy (non-hydrogen) atoms. The smallest absolute Gasteiger partial charge is 0.00979 e. The van der Waals surface area contributed by atoms with Crippen molar-refractivity contribution in [3.63, 3.8) is 0 Å². The fraction of sp³-hybridized carbons (Fsp3) is 1.00. The molecule has 1 aliphatic carbocycles. The Bertz CT molecular complexity index is 190. The van der Waals surface area contributed by atoms with Crippen LogP contribution >= 0.6 is 0 Å². The quantitative estimate of drug-likeness (QED) is 0.652. The van der Waals surface area contributed by atoms with Gasteiger partial charge in [-0.1, -0.05) is 47.0 Å². The molecule has 1 heteroatoms. The van der Waals surface area contributed by atoms with Crippen LogP contribution in [0.15, 0.2) is 0 Å². The van der Waals surface area contributed by atoms with Crippen molar-refractivity contribution in [3.8, 4) is 0 Å². The van der Waals surface area contributed by atoms with Crippen LogP contribution in [0.25, 0.3) is 0 Å². The average molecular weight is 239 g/mol. The Morgan fingerprint density at radius 1 is 1.18 bits per heavy atom. The maximum Gasteiger partial charge on any atom is 0.00979 e. The van der Waals surface area contributed by atoms with Gasteiger partial charge in [-0.15, -0.1) is 0 Å². The summed E-state index contributed by atoms with van der Waals surface area (Å²) in [6, 6.07) is 0.793. The van der Waals surface area contributed by atoms with Gasteiger partial charge in [0.1, 0.15) is 0 Å². The van der Waals surface area contributed by atoms with E-state index in [1.165, 1.54) is 51.5 Å². The van der Waals surface area contributed by atoms with Crippen LogP contribution < -0.4 is 5.32 Å². The average Bonchev–Trinajstić information content (AvgIpc) is 2.82. The fourth-order valence-corrected chi connectivity index (χ4v) is 3.22. The van der Waals surface area contributed by atoms with Crippen molar-refractivity contribution >= 4 is 0 Å². The number of hydrogen-bond donors (Lipinski definition) is 1. The maximum atomic E-state index is 3.82. The van der Waals surface area contributed by atoms with E-state index >= 15 is 0 Å². The minimum absolute atomic E-state index is 0.793. The van der Waals surface area contributed by atoms with E-state index in [-0.39, 0.29) is 0 Å². The minimum Gasteiger partial charge on any atom is -0.314 e. The van der Waals surface area contributed by atoms with Crippen LogP contribution in [0.4, 0.5) is 0 Å². The van der Waals surface area contributed by atoms with Gasteiger partial charge in [-0.05, 0) is 50.0 Å². The third kappa shape index (κ3) is 4.99. The van der Waals surface area contributed by atoms with Crippen LogP contribution in [0.1, 0.15) is 72.6 Å². The normalized spacial score (nSPS) is 28.2. The fourth-order valence-electron chi connectivity index (χ4n) is 3.22. The Morgan fingerprint density at radius 2 is 1.94 bits per heavy atom. The minimum atomic E-state index is 0.793. The SMILES string of the molecule is CCCNC(CC(C)CC)C1CCC(CC)C1. The molecule has 0 spiro atoms. The van der Waals surface area contributed by atoms with E-state index < -0.39 is 0 Å². The molecule has 102 valence electrons. The molecule has 0 radical (unpaired) electrons. The summed E-state index contributed by atoms with van der Waals surface area (Å²) >= 11 is 0. The van der Waals surface area contributed by atoms with Gasteiger partial charge in [0.15, 0.2) is 0 Å². The van der Waals surface area contributed by atoms with E-state index in [1.807, 2.05) is 0 Å². The van der Waals surface area contributed by atoms with E-state index in [9.17, 15) is 0 Å². The number of hydrogen-bond acceptors (Lipinski definition) is 1. The first-order chi connectivity index (χ1) is 8.21. The van der Waals surface area contributed by atoms with Crippen molar-refractivity contribution in [2.45, 2.75) is 78.7 Å². The molecular weight excluding hydrogens is 206 g/mol. The summed E-state index contributed by atoms with van der Waals surface area (Å²) in [5, 5.41) is 3.82.